The van der Waals surface area contributed by atoms with Gasteiger partial charge in [0.05, 0.1) is 6.54 Å². The number of benzene rings is 1. The van der Waals surface area contributed by atoms with Crippen molar-refractivity contribution in [2.45, 2.75) is 26.4 Å². The zero-order valence-electron chi connectivity index (χ0n) is 13.0. The molecular weight excluding hydrogens is 298 g/mol. The Morgan fingerprint density at radius 1 is 1.26 bits per heavy atom. The van der Waals surface area contributed by atoms with Crippen molar-refractivity contribution in [1.29, 1.82) is 0 Å². The summed E-state index contributed by atoms with van der Waals surface area (Å²) in [5.74, 6) is -1.23. The molecule has 1 heterocycles. The third-order valence-electron chi connectivity index (χ3n) is 3.28. The lowest BCUT2D eigenvalue weighted by molar-refractivity contribution is 0.0659. The molecule has 0 saturated heterocycles. The summed E-state index contributed by atoms with van der Waals surface area (Å²) in [6.45, 7) is 4.24. The van der Waals surface area contributed by atoms with E-state index in [9.17, 15) is 9.59 Å². The minimum Gasteiger partial charge on any atom is -0.489 e. The lowest BCUT2D eigenvalue weighted by atomic mass is 10.2. The van der Waals surface area contributed by atoms with Crippen LogP contribution in [0.3, 0.4) is 0 Å². The molecule has 0 bridgehead atoms. The first-order valence-corrected chi connectivity index (χ1v) is 7.34. The number of carbonyl (C=O) groups excluding carboxylic acids is 1. The van der Waals surface area contributed by atoms with Gasteiger partial charge in [-0.2, -0.15) is 0 Å². The number of carboxylic acids is 1. The highest BCUT2D eigenvalue weighted by atomic mass is 16.5. The lowest BCUT2D eigenvalue weighted by Crippen LogP contribution is -2.34. The Labute approximate surface area is 134 Å². The van der Waals surface area contributed by atoms with E-state index in [2.05, 4.69) is 5.32 Å². The normalized spacial score (nSPS) is 11.7. The fourth-order valence-electron chi connectivity index (χ4n) is 2.02. The van der Waals surface area contributed by atoms with E-state index in [1.807, 2.05) is 38.1 Å². The molecule has 2 aromatic rings. The number of ether oxygens (including phenoxy) is 1. The Hall–Kier alpha value is -2.76. The summed E-state index contributed by atoms with van der Waals surface area (Å²) in [7, 11) is 0. The quantitative estimate of drug-likeness (QED) is 0.819. The summed E-state index contributed by atoms with van der Waals surface area (Å²) in [4.78, 5) is 22.7. The Bertz CT molecular complexity index is 692. The summed E-state index contributed by atoms with van der Waals surface area (Å²) in [5.41, 5.74) is 1.10. The minimum atomic E-state index is -1.21. The number of furan rings is 1. The second-order valence-corrected chi connectivity index (χ2v) is 5.14. The molecule has 0 aliphatic heterocycles. The molecule has 0 spiro atoms. The number of aryl methyl sites for hydroxylation is 1. The molecule has 0 radical (unpaired) electrons. The monoisotopic (exact) mass is 317 g/mol. The van der Waals surface area contributed by atoms with E-state index in [1.54, 1.807) is 0 Å². The molecule has 1 unspecified atom stereocenters. The topological polar surface area (TPSA) is 88.8 Å². The number of carboxylic acid groups (broad SMARTS) is 1. The van der Waals surface area contributed by atoms with E-state index in [0.717, 1.165) is 11.3 Å². The van der Waals surface area contributed by atoms with Gasteiger partial charge in [0, 0.05) is 0 Å². The zero-order valence-corrected chi connectivity index (χ0v) is 13.0. The Morgan fingerprint density at radius 2 is 2.00 bits per heavy atom. The average molecular weight is 317 g/mol. The minimum absolute atomic E-state index is 0.0344. The summed E-state index contributed by atoms with van der Waals surface area (Å²) in [5, 5.41) is 11.5. The van der Waals surface area contributed by atoms with Crippen LogP contribution in [0.25, 0.3) is 0 Å². The van der Waals surface area contributed by atoms with Gasteiger partial charge >= 0.3 is 5.97 Å². The van der Waals surface area contributed by atoms with Crippen LogP contribution in [-0.2, 0) is 0 Å². The molecule has 23 heavy (non-hydrogen) atoms. The molecule has 6 nitrogen and oxygen atoms in total. The van der Waals surface area contributed by atoms with Crippen molar-refractivity contribution in [3.05, 3.63) is 53.5 Å². The van der Waals surface area contributed by atoms with Gasteiger partial charge in [-0.3, -0.25) is 4.79 Å². The van der Waals surface area contributed by atoms with Gasteiger partial charge in [0.2, 0.25) is 5.76 Å². The van der Waals surface area contributed by atoms with E-state index in [0.29, 0.717) is 13.0 Å². The van der Waals surface area contributed by atoms with E-state index in [1.165, 1.54) is 12.1 Å². The van der Waals surface area contributed by atoms with Crippen molar-refractivity contribution in [2.24, 2.45) is 0 Å². The molecule has 1 aromatic carbocycles. The van der Waals surface area contributed by atoms with Gasteiger partial charge in [-0.15, -0.1) is 0 Å². The second-order valence-electron chi connectivity index (χ2n) is 5.14. The lowest BCUT2D eigenvalue weighted by Gasteiger charge is -2.18. The molecule has 1 atom stereocenters. The number of aromatic carboxylic acids is 1. The number of nitrogens with one attached hydrogen (secondary N) is 1. The Morgan fingerprint density at radius 3 is 2.61 bits per heavy atom. The molecule has 6 heteroatoms. The maximum Gasteiger partial charge on any atom is 0.371 e. The van der Waals surface area contributed by atoms with Crippen LogP contribution in [-0.4, -0.2) is 29.6 Å². The van der Waals surface area contributed by atoms with Gasteiger partial charge in [0.1, 0.15) is 11.9 Å². The summed E-state index contributed by atoms with van der Waals surface area (Å²) < 4.78 is 10.8. The Kier molecular flexibility index (Phi) is 5.41. The molecule has 2 N–H and O–H groups in total. The highest BCUT2D eigenvalue weighted by molar-refractivity contribution is 5.93. The van der Waals surface area contributed by atoms with Crippen LogP contribution < -0.4 is 10.1 Å². The van der Waals surface area contributed by atoms with Crippen LogP contribution in [0, 0.1) is 6.92 Å². The van der Waals surface area contributed by atoms with E-state index >= 15 is 0 Å². The number of hydrogen-bond acceptors (Lipinski definition) is 4. The summed E-state index contributed by atoms with van der Waals surface area (Å²) in [6, 6.07) is 10.3. The van der Waals surface area contributed by atoms with Crippen molar-refractivity contribution in [2.75, 3.05) is 6.54 Å². The fourth-order valence-corrected chi connectivity index (χ4v) is 2.02. The van der Waals surface area contributed by atoms with Crippen LogP contribution >= 0.6 is 0 Å². The number of hydrogen-bond donors (Lipinski definition) is 2. The molecule has 0 saturated carbocycles. The smallest absolute Gasteiger partial charge is 0.371 e. The van der Waals surface area contributed by atoms with Gasteiger partial charge < -0.3 is 19.6 Å². The highest BCUT2D eigenvalue weighted by Crippen LogP contribution is 2.15. The maximum atomic E-state index is 12.0. The zero-order chi connectivity index (χ0) is 16.8. The van der Waals surface area contributed by atoms with Gasteiger partial charge in [-0.1, -0.05) is 19.1 Å². The molecule has 0 fully saturated rings. The first kappa shape index (κ1) is 16.6. The van der Waals surface area contributed by atoms with Crippen LogP contribution in [0.2, 0.25) is 0 Å². The third kappa shape index (κ3) is 4.60. The maximum absolute atomic E-state index is 12.0. The van der Waals surface area contributed by atoms with Crippen molar-refractivity contribution >= 4 is 11.9 Å². The van der Waals surface area contributed by atoms with Crippen LogP contribution in [0.4, 0.5) is 0 Å². The largest absolute Gasteiger partial charge is 0.489 e. The number of rotatable bonds is 7. The molecule has 122 valence electrons. The van der Waals surface area contributed by atoms with Crippen molar-refractivity contribution < 1.29 is 23.8 Å². The first-order valence-electron chi connectivity index (χ1n) is 7.34. The van der Waals surface area contributed by atoms with Gasteiger partial charge in [-0.25, -0.2) is 4.79 Å². The van der Waals surface area contributed by atoms with E-state index in [4.69, 9.17) is 14.3 Å². The Balaban J connectivity index is 1.91. The number of amides is 1. The van der Waals surface area contributed by atoms with Crippen molar-refractivity contribution in [3.63, 3.8) is 0 Å². The molecular formula is C17H19NO5. The van der Waals surface area contributed by atoms with Gasteiger partial charge in [-0.05, 0) is 43.2 Å². The van der Waals surface area contributed by atoms with E-state index in [-0.39, 0.29) is 17.6 Å². The standard InChI is InChI=1S/C17H19NO5/c1-3-12(22-13-6-4-5-11(2)9-13)10-18-16(19)14-7-8-15(23-14)17(20)21/h4-9,12H,3,10H2,1-2H3,(H,18,19)(H,20,21). The van der Waals surface area contributed by atoms with Crippen molar-refractivity contribution in [3.8, 4) is 5.75 Å². The average Bonchev–Trinajstić information content (AvgIpc) is 3.01. The van der Waals surface area contributed by atoms with E-state index < -0.39 is 11.9 Å². The summed E-state index contributed by atoms with van der Waals surface area (Å²) >= 11 is 0. The van der Waals surface area contributed by atoms with Gasteiger partial charge in [0.15, 0.2) is 5.76 Å². The molecule has 1 amide bonds. The first-order chi connectivity index (χ1) is 11.0. The van der Waals surface area contributed by atoms with Gasteiger partial charge in [0.25, 0.3) is 5.91 Å². The predicted octanol–water partition coefficient (Wildman–Crippen LogP) is 2.87. The van der Waals surface area contributed by atoms with Crippen LogP contribution in [0.5, 0.6) is 5.75 Å². The molecule has 0 aliphatic carbocycles. The molecule has 1 aromatic heterocycles. The SMILES string of the molecule is CCC(CNC(=O)c1ccc(C(=O)O)o1)Oc1cccc(C)c1. The van der Waals surface area contributed by atoms with Crippen LogP contribution in [0.15, 0.2) is 40.8 Å². The predicted molar refractivity (Wildman–Crippen MR) is 83.9 cm³/mol. The molecule has 2 rings (SSSR count). The fraction of sp³-hybridized carbons (Fsp3) is 0.294. The number of carbonyl (C=O) groups is 2. The third-order valence-corrected chi connectivity index (χ3v) is 3.28. The van der Waals surface area contributed by atoms with Crippen molar-refractivity contribution in [1.82, 2.24) is 5.32 Å². The van der Waals surface area contributed by atoms with Crippen LogP contribution in [0.1, 0.15) is 40.0 Å². The highest BCUT2D eigenvalue weighted by Gasteiger charge is 2.16. The second kappa shape index (κ2) is 7.49. The molecule has 0 aliphatic rings. The summed E-state index contributed by atoms with van der Waals surface area (Å²) in [6.07, 6.45) is 0.530.